The average Bonchev–Trinajstić information content (AvgIpc) is 2.92. The summed E-state index contributed by atoms with van der Waals surface area (Å²) in [6, 6.07) is 5.02. The van der Waals surface area contributed by atoms with Gasteiger partial charge in [0.1, 0.15) is 0 Å². The van der Waals surface area contributed by atoms with E-state index < -0.39 is 0 Å². The van der Waals surface area contributed by atoms with Crippen molar-refractivity contribution >= 4 is 0 Å². The van der Waals surface area contributed by atoms with Crippen LogP contribution in [0.15, 0.2) is 12.3 Å². The topological polar surface area (TPSA) is 31.4 Å². The normalized spacial score (nSPS) is 17.4. The van der Waals surface area contributed by atoms with Crippen LogP contribution in [0.1, 0.15) is 45.6 Å². The molecule has 1 aliphatic rings. The SMILES string of the molecule is CC.CC(C)c1[c-]cc(OCC2CCOC2)nc1.[Y]. The quantitative estimate of drug-likeness (QED) is 0.788. The Hall–Kier alpha value is 0.0139. The number of ether oxygens (including phenoxy) is 2. The van der Waals surface area contributed by atoms with Crippen LogP contribution in [-0.2, 0) is 37.4 Å². The molecule has 0 saturated carbocycles. The summed E-state index contributed by atoms with van der Waals surface area (Å²) in [4.78, 5) is 4.27. The van der Waals surface area contributed by atoms with Crippen molar-refractivity contribution in [1.29, 1.82) is 0 Å². The predicted molar refractivity (Wildman–Crippen MR) is 72.9 cm³/mol. The second kappa shape index (κ2) is 10.8. The summed E-state index contributed by atoms with van der Waals surface area (Å²) in [5, 5.41) is 0. The van der Waals surface area contributed by atoms with E-state index in [1.807, 2.05) is 26.1 Å². The van der Waals surface area contributed by atoms with Gasteiger partial charge in [-0.1, -0.05) is 33.9 Å². The molecule has 0 aromatic carbocycles. The smallest absolute Gasteiger partial charge is 0.0968 e. The van der Waals surface area contributed by atoms with Gasteiger partial charge in [-0.2, -0.15) is 6.07 Å². The van der Waals surface area contributed by atoms with Crippen molar-refractivity contribution in [2.45, 2.75) is 40.0 Å². The zero-order chi connectivity index (χ0) is 13.4. The van der Waals surface area contributed by atoms with Gasteiger partial charge in [-0.3, -0.25) is 0 Å². The standard InChI is InChI=1S/C13H18NO2.C2H6.Y/c1-10(2)12-3-4-13(14-7-12)16-9-11-5-6-15-8-11;1-2;/h4,7,10-11H,5-6,8-9H2,1-2H3;1-2H3;/q-1;;. The van der Waals surface area contributed by atoms with Gasteiger partial charge in [-0.15, -0.1) is 11.6 Å². The molecule has 1 unspecified atom stereocenters. The average molecular weight is 339 g/mol. The third-order valence-electron chi connectivity index (χ3n) is 2.81. The van der Waals surface area contributed by atoms with Gasteiger partial charge >= 0.3 is 0 Å². The molecule has 1 aliphatic heterocycles. The minimum Gasteiger partial charge on any atom is -0.534 e. The summed E-state index contributed by atoms with van der Waals surface area (Å²) in [6.45, 7) is 10.6. The van der Waals surface area contributed by atoms with E-state index >= 15 is 0 Å². The minimum absolute atomic E-state index is 0. The summed E-state index contributed by atoms with van der Waals surface area (Å²) < 4.78 is 10.9. The Kier molecular flexibility index (Phi) is 10.8. The Morgan fingerprint density at radius 2 is 2.21 bits per heavy atom. The van der Waals surface area contributed by atoms with Gasteiger partial charge in [-0.25, -0.2) is 0 Å². The molecule has 19 heavy (non-hydrogen) atoms. The van der Waals surface area contributed by atoms with Crippen molar-refractivity contribution in [3.05, 3.63) is 23.9 Å². The van der Waals surface area contributed by atoms with Crippen molar-refractivity contribution in [3.8, 4) is 5.88 Å². The molecule has 1 saturated heterocycles. The van der Waals surface area contributed by atoms with E-state index in [9.17, 15) is 0 Å². The molecule has 0 spiro atoms. The molecule has 2 heterocycles. The first-order valence-corrected chi connectivity index (χ1v) is 6.84. The number of hydrogen-bond acceptors (Lipinski definition) is 3. The molecule has 1 aromatic heterocycles. The third kappa shape index (κ3) is 6.83. The summed E-state index contributed by atoms with van der Waals surface area (Å²) in [5.74, 6) is 1.65. The van der Waals surface area contributed by atoms with Gasteiger partial charge in [0.25, 0.3) is 0 Å². The molecule has 1 fully saturated rings. The van der Waals surface area contributed by atoms with Crippen LogP contribution in [0.25, 0.3) is 0 Å². The van der Waals surface area contributed by atoms with Crippen LogP contribution in [-0.4, -0.2) is 24.8 Å². The maximum atomic E-state index is 5.60. The number of rotatable bonds is 4. The molecule has 0 aliphatic carbocycles. The maximum absolute atomic E-state index is 5.60. The van der Waals surface area contributed by atoms with Crippen molar-refractivity contribution in [3.63, 3.8) is 0 Å². The van der Waals surface area contributed by atoms with Gasteiger partial charge in [-0.05, 0) is 12.3 Å². The molecule has 1 aromatic rings. The van der Waals surface area contributed by atoms with E-state index in [1.165, 1.54) is 0 Å². The molecule has 105 valence electrons. The van der Waals surface area contributed by atoms with Crippen LogP contribution in [0.3, 0.4) is 0 Å². The molecular weight excluding hydrogens is 315 g/mol. The van der Waals surface area contributed by atoms with Crippen molar-refractivity contribution < 1.29 is 42.2 Å². The Bertz CT molecular complexity index is 321. The van der Waals surface area contributed by atoms with E-state index in [1.54, 1.807) is 0 Å². The number of nitrogens with zero attached hydrogens (tertiary/aromatic N) is 1. The summed E-state index contributed by atoms with van der Waals surface area (Å²) in [6.07, 6.45) is 2.93. The molecule has 0 bridgehead atoms. The summed E-state index contributed by atoms with van der Waals surface area (Å²) in [7, 11) is 0. The number of pyridine rings is 1. The Balaban J connectivity index is 0.00000103. The van der Waals surface area contributed by atoms with E-state index in [0.717, 1.165) is 25.2 Å². The second-order valence-electron chi connectivity index (χ2n) is 4.54. The second-order valence-corrected chi connectivity index (χ2v) is 4.54. The fourth-order valence-electron chi connectivity index (χ4n) is 1.67. The van der Waals surface area contributed by atoms with Gasteiger partial charge in [0, 0.05) is 45.2 Å². The van der Waals surface area contributed by atoms with E-state index in [0.29, 0.717) is 24.3 Å². The van der Waals surface area contributed by atoms with Gasteiger partial charge in [0.15, 0.2) is 0 Å². The van der Waals surface area contributed by atoms with Crippen LogP contribution in [0, 0.1) is 12.0 Å². The molecule has 0 amide bonds. The third-order valence-corrected chi connectivity index (χ3v) is 2.81. The maximum Gasteiger partial charge on any atom is 0.0968 e. The van der Waals surface area contributed by atoms with Gasteiger partial charge in [0.2, 0.25) is 0 Å². The minimum atomic E-state index is 0. The molecule has 4 heteroatoms. The van der Waals surface area contributed by atoms with Crippen LogP contribution in [0.4, 0.5) is 0 Å². The summed E-state index contributed by atoms with van der Waals surface area (Å²) in [5.41, 5.74) is 1.12. The van der Waals surface area contributed by atoms with Crippen LogP contribution >= 0.6 is 0 Å². The molecule has 3 nitrogen and oxygen atoms in total. The van der Waals surface area contributed by atoms with Crippen molar-refractivity contribution in [2.24, 2.45) is 5.92 Å². The van der Waals surface area contributed by atoms with Gasteiger partial charge < -0.3 is 14.5 Å². The van der Waals surface area contributed by atoms with Crippen molar-refractivity contribution in [2.75, 3.05) is 19.8 Å². The van der Waals surface area contributed by atoms with Crippen LogP contribution in [0.5, 0.6) is 5.88 Å². The first kappa shape index (κ1) is 19.0. The van der Waals surface area contributed by atoms with Crippen molar-refractivity contribution in [1.82, 2.24) is 4.98 Å². The Labute approximate surface area is 142 Å². The number of aromatic nitrogens is 1. The number of hydrogen-bond donors (Lipinski definition) is 0. The molecule has 1 radical (unpaired) electrons. The first-order chi connectivity index (χ1) is 8.75. The summed E-state index contributed by atoms with van der Waals surface area (Å²) >= 11 is 0. The zero-order valence-electron chi connectivity index (χ0n) is 12.5. The fourth-order valence-corrected chi connectivity index (χ4v) is 1.67. The van der Waals surface area contributed by atoms with Crippen LogP contribution < -0.4 is 4.74 Å². The van der Waals surface area contributed by atoms with E-state index in [4.69, 9.17) is 9.47 Å². The first-order valence-electron chi connectivity index (χ1n) is 6.84. The Morgan fingerprint density at radius 3 is 2.68 bits per heavy atom. The largest absolute Gasteiger partial charge is 0.534 e. The molecule has 0 N–H and O–H groups in total. The Morgan fingerprint density at radius 1 is 1.47 bits per heavy atom. The van der Waals surface area contributed by atoms with Crippen LogP contribution in [0.2, 0.25) is 0 Å². The monoisotopic (exact) mass is 339 g/mol. The van der Waals surface area contributed by atoms with E-state index in [-0.39, 0.29) is 32.7 Å². The fraction of sp³-hybridized carbons (Fsp3) is 0.667. The molecule has 2 rings (SSSR count). The van der Waals surface area contributed by atoms with Gasteiger partial charge in [0.05, 0.1) is 19.1 Å². The zero-order valence-corrected chi connectivity index (χ0v) is 15.3. The molecule has 1 atom stereocenters. The predicted octanol–water partition coefficient (Wildman–Crippen LogP) is 3.44. The van der Waals surface area contributed by atoms with E-state index in [2.05, 4.69) is 24.9 Å². The molecular formula is C15H24NO2Y-.